The minimum atomic E-state index is -0.345. The molecule has 96 valence electrons. The molecule has 2 aromatic rings. The third kappa shape index (κ3) is 2.87. The van der Waals surface area contributed by atoms with E-state index in [1.165, 1.54) is 13.2 Å². The second kappa shape index (κ2) is 5.64. The highest BCUT2D eigenvalue weighted by atomic mass is 19.1. The van der Waals surface area contributed by atoms with Crippen LogP contribution in [0.25, 0.3) is 0 Å². The van der Waals surface area contributed by atoms with Crippen LogP contribution in [0, 0.1) is 5.82 Å². The van der Waals surface area contributed by atoms with Gasteiger partial charge in [-0.3, -0.25) is 5.10 Å². The predicted molar refractivity (Wildman–Crippen MR) is 66.8 cm³/mol. The van der Waals surface area contributed by atoms with Crippen LogP contribution in [0.5, 0.6) is 5.75 Å². The molecule has 0 spiro atoms. The van der Waals surface area contributed by atoms with Gasteiger partial charge in [-0.2, -0.15) is 5.10 Å². The van der Waals surface area contributed by atoms with Crippen molar-refractivity contribution in [1.82, 2.24) is 15.5 Å². The van der Waals surface area contributed by atoms with E-state index in [-0.39, 0.29) is 17.6 Å². The van der Waals surface area contributed by atoms with E-state index < -0.39 is 0 Å². The van der Waals surface area contributed by atoms with Crippen LogP contribution in [-0.4, -0.2) is 17.3 Å². The summed E-state index contributed by atoms with van der Waals surface area (Å²) in [6.45, 7) is 2.70. The molecule has 0 radical (unpaired) electrons. The summed E-state index contributed by atoms with van der Waals surface area (Å²) in [4.78, 5) is 0. The van der Waals surface area contributed by atoms with Crippen molar-refractivity contribution in [3.05, 3.63) is 47.5 Å². The summed E-state index contributed by atoms with van der Waals surface area (Å²) >= 11 is 0. The highest BCUT2D eigenvalue weighted by Crippen LogP contribution is 2.22. The van der Waals surface area contributed by atoms with Crippen molar-refractivity contribution in [1.29, 1.82) is 0 Å². The fraction of sp³-hybridized carbons (Fsp3) is 0.308. The third-order valence-corrected chi connectivity index (χ3v) is 2.83. The monoisotopic (exact) mass is 249 g/mol. The number of H-pyrrole nitrogens is 1. The summed E-state index contributed by atoms with van der Waals surface area (Å²) in [6, 6.07) is 6.89. The summed E-state index contributed by atoms with van der Waals surface area (Å²) in [5.74, 6) is -0.0790. The van der Waals surface area contributed by atoms with Gasteiger partial charge in [-0.25, -0.2) is 4.39 Å². The van der Waals surface area contributed by atoms with E-state index in [9.17, 15) is 4.39 Å². The molecular formula is C13H16FN3O. The Morgan fingerprint density at radius 1 is 1.44 bits per heavy atom. The molecule has 18 heavy (non-hydrogen) atoms. The van der Waals surface area contributed by atoms with E-state index in [1.54, 1.807) is 18.3 Å². The number of hydrogen-bond donors (Lipinski definition) is 2. The zero-order chi connectivity index (χ0) is 13.0. The molecule has 0 bridgehead atoms. The molecule has 0 saturated heterocycles. The molecule has 0 fully saturated rings. The van der Waals surface area contributed by atoms with Crippen LogP contribution in [0.2, 0.25) is 0 Å². The van der Waals surface area contributed by atoms with Crippen LogP contribution in [0.1, 0.15) is 24.2 Å². The van der Waals surface area contributed by atoms with E-state index in [4.69, 9.17) is 4.74 Å². The standard InChI is InChI=1S/C13H16FN3O/c1-9(15-8-11-5-6-16-17-11)10-3-4-12(14)13(7-10)18-2/h3-7,9,15H,8H2,1-2H3,(H,16,17). The average Bonchev–Trinajstić information content (AvgIpc) is 2.89. The third-order valence-electron chi connectivity index (χ3n) is 2.83. The maximum absolute atomic E-state index is 13.3. The number of aromatic amines is 1. The highest BCUT2D eigenvalue weighted by molar-refractivity contribution is 5.31. The Morgan fingerprint density at radius 2 is 2.28 bits per heavy atom. The van der Waals surface area contributed by atoms with Crippen LogP contribution < -0.4 is 10.1 Å². The first-order valence-electron chi connectivity index (χ1n) is 5.76. The van der Waals surface area contributed by atoms with Crippen molar-refractivity contribution >= 4 is 0 Å². The first-order chi connectivity index (χ1) is 8.70. The number of hydrogen-bond acceptors (Lipinski definition) is 3. The Hall–Kier alpha value is -1.88. The molecular weight excluding hydrogens is 233 g/mol. The van der Waals surface area contributed by atoms with Gasteiger partial charge in [0.15, 0.2) is 11.6 Å². The molecule has 1 aromatic carbocycles. The first kappa shape index (κ1) is 12.6. The molecule has 1 atom stereocenters. The topological polar surface area (TPSA) is 49.9 Å². The zero-order valence-electron chi connectivity index (χ0n) is 10.4. The lowest BCUT2D eigenvalue weighted by atomic mass is 10.1. The summed E-state index contributed by atoms with van der Waals surface area (Å²) in [5.41, 5.74) is 1.99. The number of methoxy groups -OCH3 is 1. The van der Waals surface area contributed by atoms with Crippen molar-refractivity contribution in [2.75, 3.05) is 7.11 Å². The number of rotatable bonds is 5. The highest BCUT2D eigenvalue weighted by Gasteiger charge is 2.09. The number of benzene rings is 1. The molecule has 4 nitrogen and oxygen atoms in total. The van der Waals surface area contributed by atoms with Gasteiger partial charge in [-0.05, 0) is 30.7 Å². The molecule has 0 amide bonds. The molecule has 1 heterocycles. The van der Waals surface area contributed by atoms with E-state index in [2.05, 4.69) is 15.5 Å². The second-order valence-electron chi connectivity index (χ2n) is 4.08. The summed E-state index contributed by atoms with van der Waals surface area (Å²) in [7, 11) is 1.46. The lowest BCUT2D eigenvalue weighted by molar-refractivity contribution is 0.385. The Morgan fingerprint density at radius 3 is 2.94 bits per heavy atom. The zero-order valence-corrected chi connectivity index (χ0v) is 10.4. The van der Waals surface area contributed by atoms with Gasteiger partial charge in [0.2, 0.25) is 0 Å². The maximum atomic E-state index is 13.3. The average molecular weight is 249 g/mol. The van der Waals surface area contributed by atoms with Gasteiger partial charge >= 0.3 is 0 Å². The van der Waals surface area contributed by atoms with Crippen LogP contribution in [0.15, 0.2) is 30.5 Å². The molecule has 1 aromatic heterocycles. The Kier molecular flexibility index (Phi) is 3.94. The van der Waals surface area contributed by atoms with Crippen LogP contribution in [0.3, 0.4) is 0 Å². The van der Waals surface area contributed by atoms with Gasteiger partial charge in [0.25, 0.3) is 0 Å². The van der Waals surface area contributed by atoms with E-state index in [1.807, 2.05) is 13.0 Å². The molecule has 0 aliphatic rings. The lowest BCUT2D eigenvalue weighted by Crippen LogP contribution is -2.18. The van der Waals surface area contributed by atoms with Crippen LogP contribution >= 0.6 is 0 Å². The van der Waals surface area contributed by atoms with E-state index >= 15 is 0 Å². The Bertz CT molecular complexity index is 499. The summed E-state index contributed by atoms with van der Waals surface area (Å²) < 4.78 is 18.3. The molecule has 5 heteroatoms. The molecule has 1 unspecified atom stereocenters. The molecule has 2 rings (SSSR count). The molecule has 0 aliphatic carbocycles. The SMILES string of the molecule is COc1cc(C(C)NCc2ccn[nH]2)ccc1F. The smallest absolute Gasteiger partial charge is 0.165 e. The van der Waals surface area contributed by atoms with Crippen molar-refractivity contribution in [3.8, 4) is 5.75 Å². The molecule has 0 aliphatic heterocycles. The number of aromatic nitrogens is 2. The quantitative estimate of drug-likeness (QED) is 0.855. The van der Waals surface area contributed by atoms with Gasteiger partial charge in [0.05, 0.1) is 7.11 Å². The van der Waals surface area contributed by atoms with Gasteiger partial charge < -0.3 is 10.1 Å². The van der Waals surface area contributed by atoms with Gasteiger partial charge in [0.1, 0.15) is 0 Å². The van der Waals surface area contributed by atoms with Crippen LogP contribution in [0.4, 0.5) is 4.39 Å². The van der Waals surface area contributed by atoms with Gasteiger partial charge in [-0.15, -0.1) is 0 Å². The van der Waals surface area contributed by atoms with Gasteiger partial charge in [-0.1, -0.05) is 6.07 Å². The first-order valence-corrected chi connectivity index (χ1v) is 5.76. The maximum Gasteiger partial charge on any atom is 0.165 e. The van der Waals surface area contributed by atoms with E-state index in [0.717, 1.165) is 11.3 Å². The number of halogens is 1. The Labute approximate surface area is 105 Å². The number of nitrogens with one attached hydrogen (secondary N) is 2. The Balaban J connectivity index is 2.02. The minimum absolute atomic E-state index is 0.0998. The van der Waals surface area contributed by atoms with Gasteiger partial charge in [0, 0.05) is 24.5 Å². The van der Waals surface area contributed by atoms with Crippen molar-refractivity contribution in [3.63, 3.8) is 0 Å². The van der Waals surface area contributed by atoms with Crippen LogP contribution in [-0.2, 0) is 6.54 Å². The molecule has 2 N–H and O–H groups in total. The summed E-state index contributed by atoms with van der Waals surface area (Å²) in [6.07, 6.45) is 1.71. The second-order valence-corrected chi connectivity index (χ2v) is 4.08. The number of ether oxygens (including phenoxy) is 1. The largest absolute Gasteiger partial charge is 0.494 e. The predicted octanol–water partition coefficient (Wildman–Crippen LogP) is 2.41. The van der Waals surface area contributed by atoms with Crippen molar-refractivity contribution in [2.24, 2.45) is 0 Å². The minimum Gasteiger partial charge on any atom is -0.494 e. The normalized spacial score (nSPS) is 12.4. The number of nitrogens with zero attached hydrogens (tertiary/aromatic N) is 1. The van der Waals surface area contributed by atoms with E-state index in [0.29, 0.717) is 6.54 Å². The summed E-state index contributed by atoms with van der Waals surface area (Å²) in [5, 5.41) is 10.1. The van der Waals surface area contributed by atoms with Crippen molar-refractivity contribution < 1.29 is 9.13 Å². The van der Waals surface area contributed by atoms with Crippen molar-refractivity contribution in [2.45, 2.75) is 19.5 Å². The fourth-order valence-corrected chi connectivity index (χ4v) is 1.71. The lowest BCUT2D eigenvalue weighted by Gasteiger charge is -2.14. The fourth-order valence-electron chi connectivity index (χ4n) is 1.71. The molecule has 0 saturated carbocycles.